The number of rotatable bonds is 2. The molecule has 2 amide bonds. The molecule has 96 valence electrons. The first kappa shape index (κ1) is 12.6. The number of nitrogens with zero attached hydrogens (tertiary/aromatic N) is 1. The monoisotopic (exact) mass is 246 g/mol. The quantitative estimate of drug-likeness (QED) is 0.870. The maximum atomic E-state index is 12.4. The first-order chi connectivity index (χ1) is 8.50. The van der Waals surface area contributed by atoms with Gasteiger partial charge in [-0.05, 0) is 18.1 Å². The summed E-state index contributed by atoms with van der Waals surface area (Å²) in [6.07, 6.45) is 0. The van der Waals surface area contributed by atoms with Gasteiger partial charge in [-0.2, -0.15) is 0 Å². The Bertz CT molecular complexity index is 482. The number of anilines is 2. The molecule has 18 heavy (non-hydrogen) atoms. The average Bonchev–Trinajstić information content (AvgIpc) is 2.35. The molecule has 2 rings (SSSR count). The number of carbonyl (C=O) groups excluding carboxylic acids is 2. The van der Waals surface area contributed by atoms with E-state index in [9.17, 15) is 9.59 Å². The van der Waals surface area contributed by atoms with Crippen LogP contribution in [0.1, 0.15) is 20.8 Å². The second-order valence-corrected chi connectivity index (χ2v) is 5.02. The lowest BCUT2D eigenvalue weighted by Gasteiger charge is -2.32. The molecule has 1 atom stereocenters. The van der Waals surface area contributed by atoms with E-state index >= 15 is 0 Å². The third kappa shape index (κ3) is 2.23. The van der Waals surface area contributed by atoms with Crippen LogP contribution in [0.5, 0.6) is 0 Å². The summed E-state index contributed by atoms with van der Waals surface area (Å²) in [5.41, 5.74) is 1.49. The van der Waals surface area contributed by atoms with Crippen LogP contribution in [-0.4, -0.2) is 18.4 Å². The van der Waals surface area contributed by atoms with E-state index in [1.807, 2.05) is 45.0 Å². The van der Waals surface area contributed by atoms with Crippen molar-refractivity contribution in [1.29, 1.82) is 0 Å². The second-order valence-electron chi connectivity index (χ2n) is 5.02. The molecule has 4 nitrogen and oxygen atoms in total. The SMILES string of the molecule is CC(C)C(C)C(=O)N1CC(=O)Nc2ccccc21. The normalized spacial score (nSPS) is 16.2. The van der Waals surface area contributed by atoms with Gasteiger partial charge in [0.1, 0.15) is 6.54 Å². The number of benzene rings is 1. The molecule has 0 saturated carbocycles. The van der Waals surface area contributed by atoms with Crippen LogP contribution in [-0.2, 0) is 9.59 Å². The van der Waals surface area contributed by atoms with Crippen LogP contribution in [0, 0.1) is 11.8 Å². The topological polar surface area (TPSA) is 49.4 Å². The lowest BCUT2D eigenvalue weighted by molar-refractivity contribution is -0.125. The van der Waals surface area contributed by atoms with Crippen molar-refractivity contribution in [3.05, 3.63) is 24.3 Å². The molecule has 0 radical (unpaired) electrons. The smallest absolute Gasteiger partial charge is 0.244 e. The number of carbonyl (C=O) groups is 2. The summed E-state index contributed by atoms with van der Waals surface area (Å²) in [7, 11) is 0. The Kier molecular flexibility index (Phi) is 3.36. The Labute approximate surface area is 107 Å². The highest BCUT2D eigenvalue weighted by Gasteiger charge is 2.30. The van der Waals surface area contributed by atoms with Gasteiger partial charge in [0, 0.05) is 5.92 Å². The summed E-state index contributed by atoms with van der Waals surface area (Å²) < 4.78 is 0. The fourth-order valence-electron chi connectivity index (χ4n) is 1.96. The lowest BCUT2D eigenvalue weighted by atomic mass is 9.96. The van der Waals surface area contributed by atoms with Crippen molar-refractivity contribution in [3.63, 3.8) is 0 Å². The van der Waals surface area contributed by atoms with E-state index in [0.29, 0.717) is 5.69 Å². The number of fused-ring (bicyclic) bond motifs is 1. The first-order valence-electron chi connectivity index (χ1n) is 6.21. The molecule has 1 aliphatic heterocycles. The Morgan fingerprint density at radius 3 is 2.61 bits per heavy atom. The number of amides is 2. The summed E-state index contributed by atoms with van der Waals surface area (Å²) in [4.78, 5) is 25.6. The predicted octanol–water partition coefficient (Wildman–Crippen LogP) is 2.26. The van der Waals surface area contributed by atoms with Crippen LogP contribution in [0.4, 0.5) is 11.4 Å². The predicted molar refractivity (Wildman–Crippen MR) is 71.4 cm³/mol. The minimum Gasteiger partial charge on any atom is -0.323 e. The molecule has 0 aromatic heterocycles. The third-order valence-electron chi connectivity index (χ3n) is 3.43. The molecule has 0 bridgehead atoms. The van der Waals surface area contributed by atoms with Crippen LogP contribution in [0.25, 0.3) is 0 Å². The van der Waals surface area contributed by atoms with E-state index in [1.54, 1.807) is 4.90 Å². The molecule has 0 fully saturated rings. The summed E-state index contributed by atoms with van der Waals surface area (Å²) in [6, 6.07) is 7.39. The van der Waals surface area contributed by atoms with E-state index in [1.165, 1.54) is 0 Å². The highest BCUT2D eigenvalue weighted by Crippen LogP contribution is 2.30. The standard InChI is InChI=1S/C14H18N2O2/c1-9(2)10(3)14(18)16-8-13(17)15-11-6-4-5-7-12(11)16/h4-7,9-10H,8H2,1-3H3,(H,15,17). The molecule has 4 heteroatoms. The third-order valence-corrected chi connectivity index (χ3v) is 3.43. The minimum absolute atomic E-state index is 0.00676. The summed E-state index contributed by atoms with van der Waals surface area (Å²) in [6.45, 7) is 6.03. The van der Waals surface area contributed by atoms with Crippen molar-refractivity contribution in [2.75, 3.05) is 16.8 Å². The lowest BCUT2D eigenvalue weighted by Crippen LogP contribution is -2.45. The van der Waals surface area contributed by atoms with Crippen LogP contribution in [0.3, 0.4) is 0 Å². The van der Waals surface area contributed by atoms with Gasteiger partial charge in [0.05, 0.1) is 11.4 Å². The maximum Gasteiger partial charge on any atom is 0.244 e. The largest absolute Gasteiger partial charge is 0.323 e. The molecule has 0 spiro atoms. The van der Waals surface area contributed by atoms with Crippen molar-refractivity contribution in [1.82, 2.24) is 0 Å². The molecule has 1 unspecified atom stereocenters. The Balaban J connectivity index is 2.34. The molecular weight excluding hydrogens is 228 g/mol. The highest BCUT2D eigenvalue weighted by molar-refractivity contribution is 6.10. The van der Waals surface area contributed by atoms with Crippen LogP contribution in [0.2, 0.25) is 0 Å². The Morgan fingerprint density at radius 1 is 1.28 bits per heavy atom. The fraction of sp³-hybridized carbons (Fsp3) is 0.429. The van der Waals surface area contributed by atoms with E-state index < -0.39 is 0 Å². The minimum atomic E-state index is -0.141. The molecular formula is C14H18N2O2. The van der Waals surface area contributed by atoms with E-state index in [0.717, 1.165) is 5.69 Å². The summed E-state index contributed by atoms with van der Waals surface area (Å²) >= 11 is 0. The Morgan fingerprint density at radius 2 is 1.94 bits per heavy atom. The molecule has 1 aliphatic rings. The molecule has 1 aromatic rings. The highest BCUT2D eigenvalue weighted by atomic mass is 16.2. The van der Waals surface area contributed by atoms with Crippen molar-refractivity contribution in [3.8, 4) is 0 Å². The molecule has 1 aromatic carbocycles. The van der Waals surface area contributed by atoms with E-state index in [2.05, 4.69) is 5.32 Å². The van der Waals surface area contributed by atoms with Crippen molar-refractivity contribution >= 4 is 23.2 Å². The number of hydrogen-bond donors (Lipinski definition) is 1. The number of nitrogens with one attached hydrogen (secondary N) is 1. The zero-order chi connectivity index (χ0) is 13.3. The van der Waals surface area contributed by atoms with E-state index in [-0.39, 0.29) is 30.2 Å². The zero-order valence-electron chi connectivity index (χ0n) is 10.9. The molecule has 1 N–H and O–H groups in total. The van der Waals surface area contributed by atoms with Crippen LogP contribution >= 0.6 is 0 Å². The van der Waals surface area contributed by atoms with Crippen LogP contribution < -0.4 is 10.2 Å². The fourth-order valence-corrected chi connectivity index (χ4v) is 1.96. The summed E-state index contributed by atoms with van der Waals surface area (Å²) in [5.74, 6) is 0.0314. The van der Waals surface area contributed by atoms with Crippen LogP contribution in [0.15, 0.2) is 24.3 Å². The maximum absolute atomic E-state index is 12.4. The second kappa shape index (κ2) is 4.80. The van der Waals surface area contributed by atoms with Gasteiger partial charge in [-0.3, -0.25) is 9.59 Å². The van der Waals surface area contributed by atoms with E-state index in [4.69, 9.17) is 0 Å². The van der Waals surface area contributed by atoms with Gasteiger partial charge in [-0.25, -0.2) is 0 Å². The van der Waals surface area contributed by atoms with Gasteiger partial charge in [0.15, 0.2) is 0 Å². The van der Waals surface area contributed by atoms with Gasteiger partial charge in [-0.15, -0.1) is 0 Å². The average molecular weight is 246 g/mol. The summed E-state index contributed by atoms with van der Waals surface area (Å²) in [5, 5.41) is 2.78. The number of para-hydroxylation sites is 2. The first-order valence-corrected chi connectivity index (χ1v) is 6.21. The van der Waals surface area contributed by atoms with Gasteiger partial charge >= 0.3 is 0 Å². The van der Waals surface area contributed by atoms with Gasteiger partial charge in [0.2, 0.25) is 11.8 Å². The zero-order valence-corrected chi connectivity index (χ0v) is 10.9. The molecule has 0 saturated heterocycles. The Hall–Kier alpha value is -1.84. The van der Waals surface area contributed by atoms with Crippen molar-refractivity contribution in [2.45, 2.75) is 20.8 Å². The van der Waals surface area contributed by atoms with Gasteiger partial charge in [0.25, 0.3) is 0 Å². The van der Waals surface area contributed by atoms with Gasteiger partial charge in [-0.1, -0.05) is 32.9 Å². The molecule has 1 heterocycles. The molecule has 0 aliphatic carbocycles. The number of hydrogen-bond acceptors (Lipinski definition) is 2. The van der Waals surface area contributed by atoms with Gasteiger partial charge < -0.3 is 10.2 Å². The van der Waals surface area contributed by atoms with Crippen molar-refractivity contribution < 1.29 is 9.59 Å². The van der Waals surface area contributed by atoms with Crippen molar-refractivity contribution in [2.24, 2.45) is 11.8 Å².